The van der Waals surface area contributed by atoms with Crippen LogP contribution in [0.2, 0.25) is 0 Å². The van der Waals surface area contributed by atoms with Crippen molar-refractivity contribution in [2.75, 3.05) is 23.7 Å². The van der Waals surface area contributed by atoms with Crippen molar-refractivity contribution in [3.63, 3.8) is 0 Å². The van der Waals surface area contributed by atoms with Gasteiger partial charge in [0.1, 0.15) is 5.82 Å². The molecule has 0 saturated carbocycles. The van der Waals surface area contributed by atoms with Crippen LogP contribution in [0.25, 0.3) is 0 Å². The molecule has 1 aromatic heterocycles. The van der Waals surface area contributed by atoms with E-state index in [1.165, 1.54) is 24.0 Å². The number of hydrogen-bond acceptors (Lipinski definition) is 4. The lowest BCUT2D eigenvalue weighted by atomic mass is 10.2. The van der Waals surface area contributed by atoms with E-state index in [1.54, 1.807) is 11.8 Å². The van der Waals surface area contributed by atoms with Crippen LogP contribution in [-0.2, 0) is 17.1 Å². The van der Waals surface area contributed by atoms with Crippen LogP contribution in [0, 0.1) is 6.92 Å². The fourth-order valence-corrected chi connectivity index (χ4v) is 3.70. The summed E-state index contributed by atoms with van der Waals surface area (Å²) in [6, 6.07) is 12.5. The molecule has 0 unspecified atom stereocenters. The normalized spacial score (nSPS) is 13.9. The first-order valence-electron chi connectivity index (χ1n) is 8.80. The fraction of sp³-hybridized carbons (Fsp3) is 0.400. The largest absolute Gasteiger partial charge is 0.357 e. The zero-order chi connectivity index (χ0) is 17.5. The Bertz CT molecular complexity index is 696. The summed E-state index contributed by atoms with van der Waals surface area (Å²) in [6.45, 7) is 4.81. The molecule has 5 heteroatoms. The van der Waals surface area contributed by atoms with Gasteiger partial charge in [0.15, 0.2) is 0 Å². The predicted molar refractivity (Wildman–Crippen MR) is 105 cm³/mol. The maximum absolute atomic E-state index is 12.0. The average molecular weight is 356 g/mol. The minimum atomic E-state index is 0.0802. The highest BCUT2D eigenvalue weighted by atomic mass is 32.2. The third-order valence-electron chi connectivity index (χ3n) is 4.35. The van der Waals surface area contributed by atoms with Crippen LogP contribution in [0.5, 0.6) is 0 Å². The highest BCUT2D eigenvalue weighted by Crippen LogP contribution is 2.18. The van der Waals surface area contributed by atoms with Crippen LogP contribution in [-0.4, -0.2) is 29.7 Å². The molecule has 1 fully saturated rings. The van der Waals surface area contributed by atoms with Gasteiger partial charge in [-0.2, -0.15) is 0 Å². The van der Waals surface area contributed by atoms with Crippen LogP contribution in [0.1, 0.15) is 29.5 Å². The number of benzene rings is 1. The van der Waals surface area contributed by atoms with E-state index in [4.69, 9.17) is 0 Å². The van der Waals surface area contributed by atoms with Crippen LogP contribution in [0.4, 0.5) is 5.82 Å². The third kappa shape index (κ3) is 5.49. The number of amides is 1. The molecule has 2 heterocycles. The number of nitrogens with one attached hydrogen (secondary N) is 1. The van der Waals surface area contributed by atoms with Gasteiger partial charge in [0.05, 0.1) is 5.75 Å². The van der Waals surface area contributed by atoms with Crippen LogP contribution < -0.4 is 10.2 Å². The van der Waals surface area contributed by atoms with E-state index in [0.717, 1.165) is 30.2 Å². The number of pyridine rings is 1. The molecule has 2 aromatic rings. The van der Waals surface area contributed by atoms with Gasteiger partial charge >= 0.3 is 0 Å². The summed E-state index contributed by atoms with van der Waals surface area (Å²) >= 11 is 1.65. The lowest BCUT2D eigenvalue weighted by molar-refractivity contribution is -0.118. The maximum Gasteiger partial charge on any atom is 0.230 e. The van der Waals surface area contributed by atoms with Crippen molar-refractivity contribution in [2.45, 2.75) is 32.1 Å². The standard InChI is InChI=1S/C20H25N3OS/c1-16-4-6-17(7-5-16)14-25-15-20(24)22-13-18-8-9-21-19(12-18)23-10-2-3-11-23/h4-9,12H,2-3,10-11,13-15H2,1H3,(H,22,24). The lowest BCUT2D eigenvalue weighted by Crippen LogP contribution is -2.25. The van der Waals surface area contributed by atoms with Gasteiger partial charge in [-0.25, -0.2) is 4.98 Å². The molecule has 1 N–H and O–H groups in total. The molecular weight excluding hydrogens is 330 g/mol. The van der Waals surface area contributed by atoms with Crippen molar-refractivity contribution >= 4 is 23.5 Å². The number of carbonyl (C=O) groups excluding carboxylic acids is 1. The van der Waals surface area contributed by atoms with Crippen molar-refractivity contribution in [2.24, 2.45) is 0 Å². The molecule has 1 aliphatic heterocycles. The van der Waals surface area contributed by atoms with Gasteiger partial charge < -0.3 is 10.2 Å². The number of anilines is 1. The molecule has 0 radical (unpaired) electrons. The van der Waals surface area contributed by atoms with Gasteiger partial charge in [0.25, 0.3) is 0 Å². The van der Waals surface area contributed by atoms with Gasteiger partial charge in [-0.15, -0.1) is 11.8 Å². The molecule has 0 spiro atoms. The summed E-state index contributed by atoms with van der Waals surface area (Å²) in [5.41, 5.74) is 3.62. The quantitative estimate of drug-likeness (QED) is 0.825. The second-order valence-corrected chi connectivity index (χ2v) is 7.46. The first-order chi connectivity index (χ1) is 12.2. The fourth-order valence-electron chi connectivity index (χ4n) is 2.89. The van der Waals surface area contributed by atoms with Crippen LogP contribution >= 0.6 is 11.8 Å². The average Bonchev–Trinajstić information content (AvgIpc) is 3.17. The molecule has 4 nitrogen and oxygen atoms in total. The van der Waals surface area contributed by atoms with Crippen molar-refractivity contribution in [3.8, 4) is 0 Å². The Labute approximate surface area is 154 Å². The lowest BCUT2D eigenvalue weighted by Gasteiger charge is -2.17. The molecule has 132 valence electrons. The van der Waals surface area contributed by atoms with Crippen molar-refractivity contribution in [1.82, 2.24) is 10.3 Å². The Kier molecular flexibility index (Phi) is 6.34. The second kappa shape index (κ2) is 8.90. The zero-order valence-corrected chi connectivity index (χ0v) is 15.5. The topological polar surface area (TPSA) is 45.2 Å². The molecular formula is C20H25N3OS. The predicted octanol–water partition coefficient (Wildman–Crippen LogP) is 3.54. The number of carbonyl (C=O) groups is 1. The van der Waals surface area contributed by atoms with E-state index in [2.05, 4.69) is 52.5 Å². The summed E-state index contributed by atoms with van der Waals surface area (Å²) < 4.78 is 0. The van der Waals surface area contributed by atoms with E-state index in [-0.39, 0.29) is 5.91 Å². The minimum Gasteiger partial charge on any atom is -0.357 e. The Hall–Kier alpha value is -2.01. The highest BCUT2D eigenvalue weighted by Gasteiger charge is 2.13. The van der Waals surface area contributed by atoms with Crippen molar-refractivity contribution < 1.29 is 4.79 Å². The van der Waals surface area contributed by atoms with Crippen molar-refractivity contribution in [3.05, 3.63) is 59.3 Å². The minimum absolute atomic E-state index is 0.0802. The smallest absolute Gasteiger partial charge is 0.230 e. The molecule has 25 heavy (non-hydrogen) atoms. The van der Waals surface area contributed by atoms with Crippen LogP contribution in [0.3, 0.4) is 0 Å². The van der Waals surface area contributed by atoms with Crippen LogP contribution in [0.15, 0.2) is 42.6 Å². The monoisotopic (exact) mass is 355 g/mol. The molecule has 0 aliphatic carbocycles. The van der Waals surface area contributed by atoms with Gasteiger partial charge in [-0.05, 0) is 43.0 Å². The zero-order valence-electron chi connectivity index (χ0n) is 14.7. The molecule has 1 aromatic carbocycles. The Morgan fingerprint density at radius 2 is 1.92 bits per heavy atom. The number of thioether (sulfide) groups is 1. The van der Waals surface area contributed by atoms with Gasteiger partial charge in [-0.1, -0.05) is 29.8 Å². The Morgan fingerprint density at radius 1 is 1.16 bits per heavy atom. The third-order valence-corrected chi connectivity index (χ3v) is 5.36. The SMILES string of the molecule is Cc1ccc(CSCC(=O)NCc2ccnc(N3CCCC3)c2)cc1. The van der Waals surface area contributed by atoms with E-state index in [9.17, 15) is 4.79 Å². The van der Waals surface area contributed by atoms with E-state index >= 15 is 0 Å². The summed E-state index contributed by atoms with van der Waals surface area (Å²) in [5.74, 6) is 2.45. The molecule has 0 atom stereocenters. The second-order valence-electron chi connectivity index (χ2n) is 6.47. The summed E-state index contributed by atoms with van der Waals surface area (Å²) in [6.07, 6.45) is 4.31. The molecule has 1 aliphatic rings. The van der Waals surface area contributed by atoms with Gasteiger partial charge in [0, 0.05) is 31.6 Å². The number of rotatable bonds is 7. The van der Waals surface area contributed by atoms with Gasteiger partial charge in [0.2, 0.25) is 5.91 Å². The van der Waals surface area contributed by atoms with Crippen molar-refractivity contribution in [1.29, 1.82) is 0 Å². The Balaban J connectivity index is 1.41. The molecule has 1 saturated heterocycles. The molecule has 1 amide bonds. The number of aromatic nitrogens is 1. The number of nitrogens with zero attached hydrogens (tertiary/aromatic N) is 2. The Morgan fingerprint density at radius 3 is 2.68 bits per heavy atom. The van der Waals surface area contributed by atoms with E-state index in [1.807, 2.05) is 12.3 Å². The first kappa shape index (κ1) is 17.8. The van der Waals surface area contributed by atoms with E-state index in [0.29, 0.717) is 12.3 Å². The first-order valence-corrected chi connectivity index (χ1v) is 9.96. The number of aryl methyl sites for hydroxylation is 1. The highest BCUT2D eigenvalue weighted by molar-refractivity contribution is 7.99. The maximum atomic E-state index is 12.0. The summed E-state index contributed by atoms with van der Waals surface area (Å²) in [4.78, 5) is 18.8. The van der Waals surface area contributed by atoms with Gasteiger partial charge in [-0.3, -0.25) is 4.79 Å². The molecule has 3 rings (SSSR count). The number of hydrogen-bond donors (Lipinski definition) is 1. The summed E-state index contributed by atoms with van der Waals surface area (Å²) in [7, 11) is 0. The summed E-state index contributed by atoms with van der Waals surface area (Å²) in [5, 5.41) is 3.01. The van der Waals surface area contributed by atoms with E-state index < -0.39 is 0 Å². The molecule has 0 bridgehead atoms.